The van der Waals surface area contributed by atoms with Crippen molar-refractivity contribution in [1.82, 2.24) is 25.3 Å². The molecule has 0 radical (unpaired) electrons. The van der Waals surface area contributed by atoms with Gasteiger partial charge in [0.25, 0.3) is 5.91 Å². The second-order valence-corrected chi connectivity index (χ2v) is 4.89. The largest absolute Gasteiger partial charge is 0.357 e. The predicted molar refractivity (Wildman–Crippen MR) is 76.3 cm³/mol. The van der Waals surface area contributed by atoms with E-state index in [0.29, 0.717) is 5.69 Å². The number of H-pyrrole nitrogens is 2. The van der Waals surface area contributed by atoms with Crippen LogP contribution in [-0.4, -0.2) is 31.9 Å². The van der Waals surface area contributed by atoms with Crippen LogP contribution in [0.3, 0.4) is 0 Å². The molecule has 3 aromatic rings. The average Bonchev–Trinajstić information content (AvgIpc) is 3.06. The van der Waals surface area contributed by atoms with Crippen molar-refractivity contribution in [2.24, 2.45) is 0 Å². The number of hydrogen-bond donors (Lipinski definition) is 3. The van der Waals surface area contributed by atoms with Crippen molar-refractivity contribution in [2.75, 3.05) is 0 Å². The lowest BCUT2D eigenvalue weighted by atomic mass is 10.1. The molecule has 0 fully saturated rings. The summed E-state index contributed by atoms with van der Waals surface area (Å²) in [5.41, 5.74) is 2.97. The number of nitrogens with zero attached hydrogens (tertiary/aromatic N) is 2. The SMILES string of the molecule is CC(C)NC(=O)c1cc(-c2ncnc3[nH]ccc23)c[nH]1. The quantitative estimate of drug-likeness (QED) is 0.680. The molecule has 0 aliphatic carbocycles. The van der Waals surface area contributed by atoms with Crippen LogP contribution >= 0.6 is 0 Å². The van der Waals surface area contributed by atoms with Crippen LogP contribution in [0.5, 0.6) is 0 Å². The Kier molecular flexibility index (Phi) is 2.98. The Balaban J connectivity index is 1.98. The van der Waals surface area contributed by atoms with Crippen molar-refractivity contribution < 1.29 is 4.79 Å². The molecule has 0 unspecified atom stereocenters. The Morgan fingerprint density at radius 2 is 2.15 bits per heavy atom. The summed E-state index contributed by atoms with van der Waals surface area (Å²) in [5.74, 6) is -0.120. The van der Waals surface area contributed by atoms with Crippen LogP contribution in [0.25, 0.3) is 22.3 Å². The maximum atomic E-state index is 11.9. The fourth-order valence-electron chi connectivity index (χ4n) is 2.10. The van der Waals surface area contributed by atoms with Crippen molar-refractivity contribution in [1.29, 1.82) is 0 Å². The highest BCUT2D eigenvalue weighted by molar-refractivity contribution is 5.96. The van der Waals surface area contributed by atoms with E-state index < -0.39 is 0 Å². The zero-order chi connectivity index (χ0) is 14.1. The van der Waals surface area contributed by atoms with Gasteiger partial charge in [0, 0.05) is 29.4 Å². The third-order valence-electron chi connectivity index (χ3n) is 2.97. The number of hydrogen-bond acceptors (Lipinski definition) is 3. The molecular formula is C14H15N5O. The summed E-state index contributed by atoms with van der Waals surface area (Å²) in [6.07, 6.45) is 5.11. The fourth-order valence-corrected chi connectivity index (χ4v) is 2.10. The van der Waals surface area contributed by atoms with E-state index in [9.17, 15) is 4.79 Å². The van der Waals surface area contributed by atoms with E-state index in [4.69, 9.17) is 0 Å². The van der Waals surface area contributed by atoms with Crippen LogP contribution in [0, 0.1) is 0 Å². The van der Waals surface area contributed by atoms with Gasteiger partial charge in [-0.25, -0.2) is 9.97 Å². The summed E-state index contributed by atoms with van der Waals surface area (Å²) in [6, 6.07) is 3.82. The molecule has 6 nitrogen and oxygen atoms in total. The minimum absolute atomic E-state index is 0.102. The first-order valence-electron chi connectivity index (χ1n) is 6.43. The molecule has 3 N–H and O–H groups in total. The summed E-state index contributed by atoms with van der Waals surface area (Å²) in [4.78, 5) is 26.4. The van der Waals surface area contributed by atoms with Gasteiger partial charge >= 0.3 is 0 Å². The van der Waals surface area contributed by atoms with Gasteiger partial charge in [-0.05, 0) is 26.0 Å². The van der Waals surface area contributed by atoms with Gasteiger partial charge in [0.2, 0.25) is 0 Å². The van der Waals surface area contributed by atoms with Crippen molar-refractivity contribution in [3.05, 3.63) is 36.5 Å². The minimum atomic E-state index is -0.120. The minimum Gasteiger partial charge on any atom is -0.357 e. The molecule has 0 bridgehead atoms. The van der Waals surface area contributed by atoms with Gasteiger partial charge in [-0.15, -0.1) is 0 Å². The normalized spacial score (nSPS) is 11.2. The standard InChI is InChI=1S/C14H15N5O/c1-8(2)19-14(20)11-5-9(6-16-11)12-10-3-4-15-13(10)18-7-17-12/h3-8,16H,1-2H3,(H,19,20)(H,15,17,18). The topological polar surface area (TPSA) is 86.5 Å². The van der Waals surface area contributed by atoms with Crippen LogP contribution in [0.2, 0.25) is 0 Å². The van der Waals surface area contributed by atoms with Gasteiger partial charge < -0.3 is 15.3 Å². The maximum Gasteiger partial charge on any atom is 0.267 e. The first-order chi connectivity index (χ1) is 9.65. The number of fused-ring (bicyclic) bond motifs is 1. The highest BCUT2D eigenvalue weighted by atomic mass is 16.1. The number of nitrogens with one attached hydrogen (secondary N) is 3. The molecule has 0 aliphatic heterocycles. The van der Waals surface area contributed by atoms with Crippen LogP contribution in [0.4, 0.5) is 0 Å². The van der Waals surface area contributed by atoms with E-state index >= 15 is 0 Å². The van der Waals surface area contributed by atoms with Gasteiger partial charge in [0.05, 0.1) is 5.69 Å². The van der Waals surface area contributed by atoms with Crippen LogP contribution < -0.4 is 5.32 Å². The fraction of sp³-hybridized carbons (Fsp3) is 0.214. The number of carbonyl (C=O) groups is 1. The van der Waals surface area contributed by atoms with Crippen molar-refractivity contribution >= 4 is 16.9 Å². The molecule has 3 heterocycles. The zero-order valence-electron chi connectivity index (χ0n) is 11.3. The van der Waals surface area contributed by atoms with E-state index in [1.165, 1.54) is 6.33 Å². The van der Waals surface area contributed by atoms with Crippen molar-refractivity contribution in [3.8, 4) is 11.3 Å². The molecule has 0 aromatic carbocycles. The molecule has 0 atom stereocenters. The van der Waals surface area contributed by atoms with Gasteiger partial charge in [0.1, 0.15) is 17.7 Å². The molecule has 102 valence electrons. The summed E-state index contributed by atoms with van der Waals surface area (Å²) in [7, 11) is 0. The third-order valence-corrected chi connectivity index (χ3v) is 2.97. The van der Waals surface area contributed by atoms with E-state index in [-0.39, 0.29) is 11.9 Å². The lowest BCUT2D eigenvalue weighted by molar-refractivity contribution is 0.0938. The molecule has 20 heavy (non-hydrogen) atoms. The zero-order valence-corrected chi connectivity index (χ0v) is 11.3. The van der Waals surface area contributed by atoms with Crippen LogP contribution in [0.15, 0.2) is 30.9 Å². The molecule has 0 saturated carbocycles. The predicted octanol–water partition coefficient (Wildman–Crippen LogP) is 2.09. The lowest BCUT2D eigenvalue weighted by Gasteiger charge is -2.05. The third kappa shape index (κ3) is 2.16. The summed E-state index contributed by atoms with van der Waals surface area (Å²) < 4.78 is 0. The molecule has 0 spiro atoms. The van der Waals surface area contributed by atoms with E-state index in [1.54, 1.807) is 12.3 Å². The van der Waals surface area contributed by atoms with E-state index in [0.717, 1.165) is 22.3 Å². The Labute approximate surface area is 115 Å². The van der Waals surface area contributed by atoms with E-state index in [1.807, 2.05) is 26.1 Å². The lowest BCUT2D eigenvalue weighted by Crippen LogP contribution is -2.30. The van der Waals surface area contributed by atoms with Crippen LogP contribution in [0.1, 0.15) is 24.3 Å². The highest BCUT2D eigenvalue weighted by Crippen LogP contribution is 2.25. The van der Waals surface area contributed by atoms with Crippen LogP contribution in [-0.2, 0) is 0 Å². The van der Waals surface area contributed by atoms with Gasteiger partial charge in [-0.2, -0.15) is 0 Å². The van der Waals surface area contributed by atoms with Crippen molar-refractivity contribution in [2.45, 2.75) is 19.9 Å². The maximum absolute atomic E-state index is 11.9. The summed E-state index contributed by atoms with van der Waals surface area (Å²) in [5, 5.41) is 3.78. The molecule has 3 rings (SSSR count). The molecular weight excluding hydrogens is 254 g/mol. The number of rotatable bonds is 3. The monoisotopic (exact) mass is 269 g/mol. The smallest absolute Gasteiger partial charge is 0.267 e. The Hall–Kier alpha value is -2.63. The molecule has 1 amide bonds. The molecule has 0 saturated heterocycles. The first kappa shape index (κ1) is 12.4. The van der Waals surface area contributed by atoms with E-state index in [2.05, 4.69) is 25.3 Å². The van der Waals surface area contributed by atoms with Crippen molar-refractivity contribution in [3.63, 3.8) is 0 Å². The average molecular weight is 269 g/mol. The second-order valence-electron chi connectivity index (χ2n) is 4.89. The second kappa shape index (κ2) is 4.80. The Morgan fingerprint density at radius 1 is 1.30 bits per heavy atom. The number of aromatic nitrogens is 4. The van der Waals surface area contributed by atoms with Gasteiger partial charge in [-0.1, -0.05) is 0 Å². The number of carbonyl (C=O) groups excluding carboxylic acids is 1. The number of aromatic amines is 2. The Morgan fingerprint density at radius 3 is 2.95 bits per heavy atom. The molecule has 3 aromatic heterocycles. The molecule has 6 heteroatoms. The summed E-state index contributed by atoms with van der Waals surface area (Å²) in [6.45, 7) is 3.85. The Bertz CT molecular complexity index is 756. The molecule has 0 aliphatic rings. The highest BCUT2D eigenvalue weighted by Gasteiger charge is 2.13. The number of amides is 1. The summed E-state index contributed by atoms with van der Waals surface area (Å²) >= 11 is 0. The van der Waals surface area contributed by atoms with Gasteiger partial charge in [-0.3, -0.25) is 4.79 Å². The first-order valence-corrected chi connectivity index (χ1v) is 6.43. The van der Waals surface area contributed by atoms with Gasteiger partial charge in [0.15, 0.2) is 0 Å².